The van der Waals surface area contributed by atoms with Crippen LogP contribution < -0.4 is 5.32 Å². The molecular weight excluding hydrogens is 150 g/mol. The Balaban J connectivity index is 2.83. The fourth-order valence-electron chi connectivity index (χ4n) is 1.46. The highest BCUT2D eigenvalue weighted by molar-refractivity contribution is 5.92. The summed E-state index contributed by atoms with van der Waals surface area (Å²) >= 11 is 0. The number of aromatic nitrogens is 2. The topological polar surface area (TPSA) is 40.7 Å². The second-order valence-corrected chi connectivity index (χ2v) is 2.84. The highest BCUT2D eigenvalue weighted by Crippen LogP contribution is 2.24. The number of anilines is 1. The predicted octanol–water partition coefficient (Wildman–Crippen LogP) is 1.91. The molecule has 0 saturated carbocycles. The summed E-state index contributed by atoms with van der Waals surface area (Å²) in [6.07, 6.45) is 1.84. The lowest BCUT2D eigenvalue weighted by Crippen LogP contribution is -1.91. The molecule has 0 aliphatic heterocycles. The standard InChI is InChI=1S/C9H11N3/c1-6-3-4-8-7(5-11-12-8)9(6)10-2/h3-5,10H,1-2H3,(H,11,12). The summed E-state index contributed by atoms with van der Waals surface area (Å²) in [6, 6.07) is 4.12. The average Bonchev–Trinajstić information content (AvgIpc) is 2.52. The molecule has 1 aromatic heterocycles. The molecule has 0 spiro atoms. The monoisotopic (exact) mass is 161 g/mol. The van der Waals surface area contributed by atoms with E-state index in [0.29, 0.717) is 0 Å². The van der Waals surface area contributed by atoms with Gasteiger partial charge < -0.3 is 5.32 Å². The number of benzene rings is 1. The first-order valence-electron chi connectivity index (χ1n) is 3.93. The maximum absolute atomic E-state index is 3.99. The lowest BCUT2D eigenvalue weighted by molar-refractivity contribution is 1.12. The van der Waals surface area contributed by atoms with Crippen molar-refractivity contribution in [3.8, 4) is 0 Å². The summed E-state index contributed by atoms with van der Waals surface area (Å²) in [7, 11) is 1.93. The molecule has 1 aromatic carbocycles. The number of rotatable bonds is 1. The van der Waals surface area contributed by atoms with Gasteiger partial charge in [-0.2, -0.15) is 5.10 Å². The molecule has 0 saturated heterocycles. The second-order valence-electron chi connectivity index (χ2n) is 2.84. The van der Waals surface area contributed by atoms with Gasteiger partial charge in [-0.15, -0.1) is 0 Å². The summed E-state index contributed by atoms with van der Waals surface area (Å²) in [5.74, 6) is 0. The number of aromatic amines is 1. The zero-order valence-electron chi connectivity index (χ0n) is 7.18. The average molecular weight is 161 g/mol. The highest BCUT2D eigenvalue weighted by atomic mass is 15.1. The molecule has 62 valence electrons. The Morgan fingerprint density at radius 1 is 1.42 bits per heavy atom. The molecule has 2 rings (SSSR count). The summed E-state index contributed by atoms with van der Waals surface area (Å²) in [4.78, 5) is 0. The van der Waals surface area contributed by atoms with Crippen molar-refractivity contribution in [2.24, 2.45) is 0 Å². The largest absolute Gasteiger partial charge is 0.387 e. The van der Waals surface area contributed by atoms with Crippen LogP contribution in [0.25, 0.3) is 10.9 Å². The van der Waals surface area contributed by atoms with Crippen LogP contribution in [0.5, 0.6) is 0 Å². The van der Waals surface area contributed by atoms with E-state index in [1.807, 2.05) is 19.3 Å². The summed E-state index contributed by atoms with van der Waals surface area (Å²) in [5, 5.41) is 11.2. The molecule has 2 N–H and O–H groups in total. The molecule has 3 nitrogen and oxygen atoms in total. The molecule has 0 bridgehead atoms. The molecule has 0 aliphatic rings. The normalized spacial score (nSPS) is 10.5. The van der Waals surface area contributed by atoms with Gasteiger partial charge in [0, 0.05) is 18.1 Å². The highest BCUT2D eigenvalue weighted by Gasteiger charge is 2.02. The molecule has 0 aliphatic carbocycles. The maximum atomic E-state index is 3.99. The number of H-pyrrole nitrogens is 1. The molecule has 12 heavy (non-hydrogen) atoms. The van der Waals surface area contributed by atoms with E-state index in [2.05, 4.69) is 28.5 Å². The van der Waals surface area contributed by atoms with Crippen molar-refractivity contribution in [2.75, 3.05) is 12.4 Å². The van der Waals surface area contributed by atoms with Crippen molar-refractivity contribution in [1.82, 2.24) is 10.2 Å². The van der Waals surface area contributed by atoms with Gasteiger partial charge in [0.25, 0.3) is 0 Å². The minimum absolute atomic E-state index is 1.07. The van der Waals surface area contributed by atoms with Gasteiger partial charge in [0.15, 0.2) is 0 Å². The van der Waals surface area contributed by atoms with Crippen molar-refractivity contribution in [1.29, 1.82) is 0 Å². The fraction of sp³-hybridized carbons (Fsp3) is 0.222. The van der Waals surface area contributed by atoms with Crippen LogP contribution in [0.15, 0.2) is 18.3 Å². The quantitative estimate of drug-likeness (QED) is 0.670. The van der Waals surface area contributed by atoms with Gasteiger partial charge in [-0.3, -0.25) is 5.10 Å². The molecule has 0 radical (unpaired) electrons. The predicted molar refractivity (Wildman–Crippen MR) is 50.4 cm³/mol. The van der Waals surface area contributed by atoms with Crippen LogP contribution in [0.3, 0.4) is 0 Å². The first kappa shape index (κ1) is 7.16. The van der Waals surface area contributed by atoms with Gasteiger partial charge in [-0.05, 0) is 18.6 Å². The van der Waals surface area contributed by atoms with Gasteiger partial charge in [-0.1, -0.05) is 6.07 Å². The van der Waals surface area contributed by atoms with Crippen molar-refractivity contribution in [3.05, 3.63) is 23.9 Å². The third-order valence-corrected chi connectivity index (χ3v) is 2.08. The Morgan fingerprint density at radius 2 is 2.25 bits per heavy atom. The van der Waals surface area contributed by atoms with E-state index < -0.39 is 0 Å². The number of hydrogen-bond acceptors (Lipinski definition) is 2. The number of aryl methyl sites for hydroxylation is 1. The zero-order valence-corrected chi connectivity index (χ0v) is 7.18. The van der Waals surface area contributed by atoms with Crippen molar-refractivity contribution in [3.63, 3.8) is 0 Å². The maximum Gasteiger partial charge on any atom is 0.0671 e. The Kier molecular flexibility index (Phi) is 1.50. The molecule has 0 unspecified atom stereocenters. The first-order valence-corrected chi connectivity index (χ1v) is 3.93. The summed E-state index contributed by atoms with van der Waals surface area (Å²) < 4.78 is 0. The summed E-state index contributed by atoms with van der Waals surface area (Å²) in [5.41, 5.74) is 3.47. The van der Waals surface area contributed by atoms with E-state index >= 15 is 0 Å². The molecule has 2 aromatic rings. The van der Waals surface area contributed by atoms with E-state index in [9.17, 15) is 0 Å². The number of fused-ring (bicyclic) bond motifs is 1. The first-order chi connectivity index (χ1) is 5.83. The third kappa shape index (κ3) is 0.863. The Morgan fingerprint density at radius 3 is 3.00 bits per heavy atom. The van der Waals surface area contributed by atoms with Crippen molar-refractivity contribution in [2.45, 2.75) is 6.92 Å². The Labute approximate surface area is 70.8 Å². The van der Waals surface area contributed by atoms with E-state index in [0.717, 1.165) is 16.6 Å². The van der Waals surface area contributed by atoms with Crippen molar-refractivity contribution < 1.29 is 0 Å². The van der Waals surface area contributed by atoms with Crippen LogP contribution in [0, 0.1) is 6.92 Å². The van der Waals surface area contributed by atoms with Gasteiger partial charge >= 0.3 is 0 Å². The minimum Gasteiger partial charge on any atom is -0.387 e. The van der Waals surface area contributed by atoms with Gasteiger partial charge in [0.2, 0.25) is 0 Å². The smallest absolute Gasteiger partial charge is 0.0671 e. The second kappa shape index (κ2) is 2.52. The molecule has 1 heterocycles. The van der Waals surface area contributed by atoms with E-state index in [1.165, 1.54) is 5.56 Å². The Bertz CT molecular complexity index is 403. The number of nitrogens with one attached hydrogen (secondary N) is 2. The van der Waals surface area contributed by atoms with E-state index in [-0.39, 0.29) is 0 Å². The van der Waals surface area contributed by atoms with Gasteiger partial charge in [0.1, 0.15) is 0 Å². The Hall–Kier alpha value is -1.51. The third-order valence-electron chi connectivity index (χ3n) is 2.08. The lowest BCUT2D eigenvalue weighted by Gasteiger charge is -2.04. The van der Waals surface area contributed by atoms with Crippen LogP contribution in [-0.2, 0) is 0 Å². The van der Waals surface area contributed by atoms with E-state index in [1.54, 1.807) is 0 Å². The summed E-state index contributed by atoms with van der Waals surface area (Å²) in [6.45, 7) is 2.08. The van der Waals surface area contributed by atoms with Crippen molar-refractivity contribution >= 4 is 16.6 Å². The molecule has 0 fully saturated rings. The lowest BCUT2D eigenvalue weighted by atomic mass is 10.1. The van der Waals surface area contributed by atoms with Gasteiger partial charge in [0.05, 0.1) is 11.7 Å². The number of nitrogens with zero attached hydrogens (tertiary/aromatic N) is 1. The molecule has 3 heteroatoms. The van der Waals surface area contributed by atoms with E-state index in [4.69, 9.17) is 0 Å². The fourth-order valence-corrected chi connectivity index (χ4v) is 1.46. The molecule has 0 atom stereocenters. The molecular formula is C9H11N3. The molecule has 0 amide bonds. The van der Waals surface area contributed by atoms with Gasteiger partial charge in [-0.25, -0.2) is 0 Å². The van der Waals surface area contributed by atoms with Crippen LogP contribution >= 0.6 is 0 Å². The van der Waals surface area contributed by atoms with Crippen LogP contribution in [0.2, 0.25) is 0 Å². The zero-order chi connectivity index (χ0) is 8.55. The van der Waals surface area contributed by atoms with Crippen LogP contribution in [0.1, 0.15) is 5.56 Å². The van der Waals surface area contributed by atoms with Crippen LogP contribution in [-0.4, -0.2) is 17.2 Å². The number of hydrogen-bond donors (Lipinski definition) is 2. The van der Waals surface area contributed by atoms with Crippen LogP contribution in [0.4, 0.5) is 5.69 Å². The SMILES string of the molecule is CNc1c(C)ccc2[nH]ncc12. The minimum atomic E-state index is 1.07.